The summed E-state index contributed by atoms with van der Waals surface area (Å²) in [4.78, 5) is 24.6. The Bertz CT molecular complexity index is 1610. The SMILES string of the molecule is CCOC(=O)CCNC(=O)CC1(c2ccc(CCC(C)(C)C)c(Cl)c2)CCC(OC)CC1CO.COC1CCC(N)(c2ccc(CCC(C)(C)C)c(Cl)c2)C(CO)C1. The molecular weight excluding hydrogens is 775 g/mol. The third-order valence-electron chi connectivity index (χ3n) is 12.4. The summed E-state index contributed by atoms with van der Waals surface area (Å²) in [6.07, 6.45) is 9.23. The van der Waals surface area contributed by atoms with E-state index >= 15 is 0 Å². The van der Waals surface area contributed by atoms with Crippen LogP contribution in [0.4, 0.5) is 0 Å². The van der Waals surface area contributed by atoms with Gasteiger partial charge in [0.25, 0.3) is 0 Å². The maximum absolute atomic E-state index is 13.0. The van der Waals surface area contributed by atoms with E-state index in [-0.39, 0.29) is 79.4 Å². The molecule has 328 valence electrons. The second kappa shape index (κ2) is 22.6. The van der Waals surface area contributed by atoms with E-state index in [4.69, 9.17) is 43.1 Å². The molecule has 58 heavy (non-hydrogen) atoms. The minimum Gasteiger partial charge on any atom is -0.466 e. The van der Waals surface area contributed by atoms with E-state index in [0.29, 0.717) is 24.5 Å². The fraction of sp³-hybridized carbons (Fsp3) is 0.702. The number of methoxy groups -OCH3 is 2. The molecule has 2 aromatic carbocycles. The van der Waals surface area contributed by atoms with Crippen molar-refractivity contribution in [3.8, 4) is 0 Å². The predicted molar refractivity (Wildman–Crippen MR) is 235 cm³/mol. The fourth-order valence-electron chi connectivity index (χ4n) is 8.55. The van der Waals surface area contributed by atoms with Gasteiger partial charge in [0.15, 0.2) is 0 Å². The molecule has 2 saturated carbocycles. The summed E-state index contributed by atoms with van der Waals surface area (Å²) in [5, 5.41) is 24.5. The highest BCUT2D eigenvalue weighted by Crippen LogP contribution is 2.48. The summed E-state index contributed by atoms with van der Waals surface area (Å²) in [6.45, 7) is 15.7. The first kappa shape index (κ1) is 50.1. The Hall–Kier alpha value is -2.24. The topological polar surface area (TPSA) is 140 Å². The van der Waals surface area contributed by atoms with Gasteiger partial charge in [-0.3, -0.25) is 9.59 Å². The Morgan fingerprint density at radius 2 is 1.31 bits per heavy atom. The molecule has 11 heteroatoms. The molecule has 0 aliphatic heterocycles. The Morgan fingerprint density at radius 3 is 1.79 bits per heavy atom. The lowest BCUT2D eigenvalue weighted by atomic mass is 9.60. The molecule has 2 aliphatic rings. The van der Waals surface area contributed by atoms with Gasteiger partial charge < -0.3 is 35.5 Å². The van der Waals surface area contributed by atoms with E-state index in [1.54, 1.807) is 21.1 Å². The summed E-state index contributed by atoms with van der Waals surface area (Å²) >= 11 is 13.3. The summed E-state index contributed by atoms with van der Waals surface area (Å²) in [7, 11) is 3.42. The van der Waals surface area contributed by atoms with E-state index in [9.17, 15) is 19.8 Å². The van der Waals surface area contributed by atoms with Gasteiger partial charge in [0.2, 0.25) is 5.91 Å². The average molecular weight is 850 g/mol. The molecule has 9 nitrogen and oxygen atoms in total. The van der Waals surface area contributed by atoms with Crippen molar-refractivity contribution in [2.45, 2.75) is 149 Å². The van der Waals surface area contributed by atoms with Gasteiger partial charge >= 0.3 is 5.97 Å². The monoisotopic (exact) mass is 848 g/mol. The van der Waals surface area contributed by atoms with Crippen LogP contribution in [-0.2, 0) is 47.6 Å². The molecule has 0 saturated heterocycles. The number of carbonyl (C=O) groups is 2. The third-order valence-corrected chi connectivity index (χ3v) is 13.1. The van der Waals surface area contributed by atoms with Crippen LogP contribution in [0.5, 0.6) is 0 Å². The smallest absolute Gasteiger partial charge is 0.307 e. The first-order valence-electron chi connectivity index (χ1n) is 21.3. The van der Waals surface area contributed by atoms with Crippen LogP contribution in [0.3, 0.4) is 0 Å². The molecule has 0 bridgehead atoms. The number of amides is 1. The zero-order valence-electron chi connectivity index (χ0n) is 36.9. The number of halogens is 2. The van der Waals surface area contributed by atoms with Crippen molar-refractivity contribution in [3.05, 3.63) is 68.7 Å². The third kappa shape index (κ3) is 14.5. The number of hydrogen-bond acceptors (Lipinski definition) is 8. The minimum atomic E-state index is -0.552. The van der Waals surface area contributed by atoms with E-state index < -0.39 is 11.0 Å². The number of aryl methyl sites for hydroxylation is 2. The summed E-state index contributed by atoms with van der Waals surface area (Å²) in [5.74, 6) is -0.623. The number of aliphatic hydroxyl groups excluding tert-OH is 2. The second-order valence-corrected chi connectivity index (χ2v) is 19.8. The largest absolute Gasteiger partial charge is 0.466 e. The highest BCUT2D eigenvalue weighted by molar-refractivity contribution is 6.31. The Balaban J connectivity index is 0.000000329. The summed E-state index contributed by atoms with van der Waals surface area (Å²) < 4.78 is 16.0. The lowest BCUT2D eigenvalue weighted by Crippen LogP contribution is -2.50. The maximum atomic E-state index is 13.0. The van der Waals surface area contributed by atoms with Crippen LogP contribution in [-0.4, -0.2) is 74.9 Å². The van der Waals surface area contributed by atoms with Gasteiger partial charge in [-0.25, -0.2) is 0 Å². The molecular formula is C47H74Cl2N2O7. The lowest BCUT2D eigenvalue weighted by Gasteiger charge is -2.46. The molecule has 6 atom stereocenters. The maximum Gasteiger partial charge on any atom is 0.307 e. The van der Waals surface area contributed by atoms with Crippen molar-refractivity contribution in [1.82, 2.24) is 5.32 Å². The molecule has 0 spiro atoms. The zero-order chi connectivity index (χ0) is 43.3. The summed E-state index contributed by atoms with van der Waals surface area (Å²) in [6, 6.07) is 12.3. The van der Waals surface area contributed by atoms with E-state index in [1.165, 1.54) is 5.56 Å². The van der Waals surface area contributed by atoms with Crippen LogP contribution >= 0.6 is 23.2 Å². The van der Waals surface area contributed by atoms with Crippen molar-refractivity contribution < 1.29 is 34.0 Å². The lowest BCUT2D eigenvalue weighted by molar-refractivity contribution is -0.143. The van der Waals surface area contributed by atoms with Crippen LogP contribution < -0.4 is 11.1 Å². The fourth-order valence-corrected chi connectivity index (χ4v) is 9.10. The van der Waals surface area contributed by atoms with Gasteiger partial charge in [0.05, 0.1) is 25.2 Å². The van der Waals surface area contributed by atoms with Gasteiger partial charge in [-0.15, -0.1) is 0 Å². The van der Waals surface area contributed by atoms with Crippen LogP contribution in [0, 0.1) is 22.7 Å². The van der Waals surface area contributed by atoms with Crippen LogP contribution in [0.2, 0.25) is 10.0 Å². The normalized spacial score (nSPS) is 25.1. The number of benzene rings is 2. The van der Waals surface area contributed by atoms with Crippen molar-refractivity contribution in [2.75, 3.05) is 40.6 Å². The number of nitrogens with two attached hydrogens (primary N) is 1. The van der Waals surface area contributed by atoms with Crippen LogP contribution in [0.15, 0.2) is 36.4 Å². The minimum absolute atomic E-state index is 0.00677. The van der Waals surface area contributed by atoms with E-state index in [2.05, 4.69) is 71.1 Å². The molecule has 0 radical (unpaired) electrons. The molecule has 2 aliphatic carbocycles. The Morgan fingerprint density at radius 1 is 0.810 bits per heavy atom. The molecule has 6 unspecified atom stereocenters. The number of aliphatic hydroxyl groups is 2. The number of esters is 1. The number of hydrogen-bond donors (Lipinski definition) is 4. The first-order chi connectivity index (χ1) is 27.2. The van der Waals surface area contributed by atoms with Crippen molar-refractivity contribution in [2.24, 2.45) is 28.4 Å². The highest BCUT2D eigenvalue weighted by atomic mass is 35.5. The number of rotatable bonds is 16. The quantitative estimate of drug-likeness (QED) is 0.123. The van der Waals surface area contributed by atoms with Gasteiger partial charge in [0.1, 0.15) is 0 Å². The molecule has 4 rings (SSSR count). The van der Waals surface area contributed by atoms with Crippen LogP contribution in [0.25, 0.3) is 0 Å². The van der Waals surface area contributed by atoms with Crippen molar-refractivity contribution in [3.63, 3.8) is 0 Å². The molecule has 0 heterocycles. The zero-order valence-corrected chi connectivity index (χ0v) is 38.4. The van der Waals surface area contributed by atoms with Gasteiger partial charge in [-0.1, -0.05) is 89.0 Å². The van der Waals surface area contributed by atoms with Gasteiger partial charge in [-0.05, 0) is 122 Å². The van der Waals surface area contributed by atoms with Gasteiger partial charge in [-0.2, -0.15) is 0 Å². The first-order valence-corrected chi connectivity index (χ1v) is 22.1. The Labute approximate surface area is 359 Å². The molecule has 5 N–H and O–H groups in total. The number of ether oxygens (including phenoxy) is 3. The molecule has 2 fully saturated rings. The Kier molecular flexibility index (Phi) is 19.5. The molecule has 2 aromatic rings. The number of nitrogens with one attached hydrogen (secondary N) is 1. The average Bonchev–Trinajstić information content (AvgIpc) is 3.16. The second-order valence-electron chi connectivity index (χ2n) is 19.0. The predicted octanol–water partition coefficient (Wildman–Crippen LogP) is 9.10. The molecule has 1 amide bonds. The van der Waals surface area contributed by atoms with Crippen molar-refractivity contribution >= 4 is 35.1 Å². The number of carbonyl (C=O) groups excluding carboxylic acids is 2. The van der Waals surface area contributed by atoms with E-state index in [0.717, 1.165) is 73.1 Å². The standard InChI is InChI=1S/C27H42ClNO5.C20H32ClNO2/c1-6-34-25(32)11-14-29-24(31)17-27(13-10-22(33-5)15-21(27)18-30)20-8-7-19(23(28)16-20)9-12-26(2,3)4;1-19(2,3)9-7-14-5-6-15(12-18(14)21)20(22)10-8-17(24-4)11-16(20)13-23/h7-8,16,21-22,30H,6,9-15,17-18H2,1-5H3,(H,29,31);5-6,12,16-17,23H,7-11,13,22H2,1-4H3. The van der Waals surface area contributed by atoms with Crippen molar-refractivity contribution in [1.29, 1.82) is 0 Å². The van der Waals surface area contributed by atoms with Crippen LogP contribution in [0.1, 0.15) is 135 Å². The summed E-state index contributed by atoms with van der Waals surface area (Å²) in [5.41, 5.74) is 10.4. The highest BCUT2D eigenvalue weighted by Gasteiger charge is 2.46. The van der Waals surface area contributed by atoms with Gasteiger partial charge in [0, 0.05) is 67.3 Å². The van der Waals surface area contributed by atoms with E-state index in [1.807, 2.05) is 12.1 Å². The molecule has 0 aromatic heterocycles.